The molecular weight excluding hydrogens is 240 g/mol. The molecule has 2 rings (SSSR count). The van der Waals surface area contributed by atoms with E-state index in [1.165, 1.54) is 5.56 Å². The average Bonchev–Trinajstić information content (AvgIpc) is 2.84. The molecule has 1 unspecified atom stereocenters. The molecule has 0 saturated carbocycles. The van der Waals surface area contributed by atoms with E-state index in [2.05, 4.69) is 34.5 Å². The Morgan fingerprint density at radius 3 is 2.63 bits per heavy atom. The molecule has 0 radical (unpaired) electrons. The quantitative estimate of drug-likeness (QED) is 0.859. The highest BCUT2D eigenvalue weighted by atomic mass is 16.5. The molecule has 0 fully saturated rings. The summed E-state index contributed by atoms with van der Waals surface area (Å²) in [6.07, 6.45) is 2.56. The van der Waals surface area contributed by atoms with Crippen LogP contribution in [-0.2, 0) is 13.5 Å². The van der Waals surface area contributed by atoms with Gasteiger partial charge in [0.25, 0.3) is 0 Å². The van der Waals surface area contributed by atoms with Gasteiger partial charge in [-0.05, 0) is 24.6 Å². The molecule has 2 aromatic rings. The first-order chi connectivity index (χ1) is 9.19. The van der Waals surface area contributed by atoms with Crippen LogP contribution in [0.25, 0.3) is 0 Å². The SMILES string of the molecule is COc1ccc(C(C)NCCc2ncn(C)n2)cc1. The van der Waals surface area contributed by atoms with Crippen LogP contribution in [0.1, 0.15) is 24.4 Å². The zero-order valence-corrected chi connectivity index (χ0v) is 11.6. The van der Waals surface area contributed by atoms with E-state index in [0.717, 1.165) is 24.5 Å². The van der Waals surface area contributed by atoms with Gasteiger partial charge in [-0.1, -0.05) is 12.1 Å². The van der Waals surface area contributed by atoms with Gasteiger partial charge in [-0.2, -0.15) is 5.10 Å². The lowest BCUT2D eigenvalue weighted by Gasteiger charge is -2.14. The van der Waals surface area contributed by atoms with Crippen LogP contribution in [0.4, 0.5) is 0 Å². The van der Waals surface area contributed by atoms with Crippen LogP contribution in [0, 0.1) is 0 Å². The van der Waals surface area contributed by atoms with Gasteiger partial charge in [-0.15, -0.1) is 0 Å². The number of aromatic nitrogens is 3. The van der Waals surface area contributed by atoms with Crippen LogP contribution in [-0.4, -0.2) is 28.4 Å². The number of hydrogen-bond acceptors (Lipinski definition) is 4. The summed E-state index contributed by atoms with van der Waals surface area (Å²) in [7, 11) is 3.56. The lowest BCUT2D eigenvalue weighted by atomic mass is 10.1. The monoisotopic (exact) mass is 260 g/mol. The van der Waals surface area contributed by atoms with Gasteiger partial charge < -0.3 is 10.1 Å². The molecule has 19 heavy (non-hydrogen) atoms. The fraction of sp³-hybridized carbons (Fsp3) is 0.429. The standard InChI is InChI=1S/C14H20N4O/c1-11(12-4-6-13(19-3)7-5-12)15-9-8-14-16-10-18(2)17-14/h4-7,10-11,15H,8-9H2,1-3H3. The van der Waals surface area contributed by atoms with Crippen molar-refractivity contribution in [3.8, 4) is 5.75 Å². The number of rotatable bonds is 6. The van der Waals surface area contributed by atoms with Crippen molar-refractivity contribution in [3.05, 3.63) is 42.0 Å². The second-order valence-corrected chi connectivity index (χ2v) is 4.53. The average molecular weight is 260 g/mol. The highest BCUT2D eigenvalue weighted by Crippen LogP contribution is 2.16. The minimum absolute atomic E-state index is 0.301. The predicted molar refractivity (Wildman–Crippen MR) is 74.1 cm³/mol. The van der Waals surface area contributed by atoms with Crippen molar-refractivity contribution in [3.63, 3.8) is 0 Å². The van der Waals surface area contributed by atoms with Crippen LogP contribution < -0.4 is 10.1 Å². The zero-order valence-electron chi connectivity index (χ0n) is 11.6. The summed E-state index contributed by atoms with van der Waals surface area (Å²) in [4.78, 5) is 4.20. The molecule has 0 saturated heterocycles. The van der Waals surface area contributed by atoms with Gasteiger partial charge in [0, 0.05) is 26.1 Å². The van der Waals surface area contributed by atoms with Crippen molar-refractivity contribution in [2.45, 2.75) is 19.4 Å². The summed E-state index contributed by atoms with van der Waals surface area (Å²) in [5, 5.41) is 7.72. The topological polar surface area (TPSA) is 52.0 Å². The summed E-state index contributed by atoms with van der Waals surface area (Å²) in [5.74, 6) is 1.76. The third-order valence-electron chi connectivity index (χ3n) is 3.06. The maximum atomic E-state index is 5.15. The molecule has 5 nitrogen and oxygen atoms in total. The molecule has 1 aromatic heterocycles. The van der Waals surface area contributed by atoms with Crippen molar-refractivity contribution in [2.75, 3.05) is 13.7 Å². The maximum absolute atomic E-state index is 5.15. The summed E-state index contributed by atoms with van der Waals surface area (Å²) >= 11 is 0. The van der Waals surface area contributed by atoms with E-state index in [-0.39, 0.29) is 0 Å². The fourth-order valence-electron chi connectivity index (χ4n) is 1.91. The molecule has 102 valence electrons. The summed E-state index contributed by atoms with van der Waals surface area (Å²) in [6.45, 7) is 3.00. The van der Waals surface area contributed by atoms with E-state index in [9.17, 15) is 0 Å². The number of benzene rings is 1. The number of ether oxygens (including phenoxy) is 1. The highest BCUT2D eigenvalue weighted by Gasteiger charge is 2.05. The van der Waals surface area contributed by atoms with Crippen molar-refractivity contribution < 1.29 is 4.74 Å². The first kappa shape index (κ1) is 13.5. The van der Waals surface area contributed by atoms with E-state index >= 15 is 0 Å². The van der Waals surface area contributed by atoms with Gasteiger partial charge in [0.2, 0.25) is 0 Å². The van der Waals surface area contributed by atoms with Crippen LogP contribution in [0.2, 0.25) is 0 Å². The second kappa shape index (κ2) is 6.33. The number of methoxy groups -OCH3 is 1. The Morgan fingerprint density at radius 1 is 1.32 bits per heavy atom. The minimum atomic E-state index is 0.301. The number of hydrogen-bond donors (Lipinski definition) is 1. The van der Waals surface area contributed by atoms with Gasteiger partial charge in [-0.25, -0.2) is 4.98 Å². The highest BCUT2D eigenvalue weighted by molar-refractivity contribution is 5.28. The molecule has 1 heterocycles. The third-order valence-corrected chi connectivity index (χ3v) is 3.06. The van der Waals surface area contributed by atoms with Gasteiger partial charge in [0.05, 0.1) is 7.11 Å². The van der Waals surface area contributed by atoms with Crippen molar-refractivity contribution in [2.24, 2.45) is 7.05 Å². The van der Waals surface area contributed by atoms with Crippen molar-refractivity contribution >= 4 is 0 Å². The molecule has 1 aromatic carbocycles. The number of nitrogens with one attached hydrogen (secondary N) is 1. The Hall–Kier alpha value is -1.88. The molecule has 0 aliphatic rings. The molecule has 1 atom stereocenters. The van der Waals surface area contributed by atoms with E-state index < -0.39 is 0 Å². The Kier molecular flexibility index (Phi) is 4.52. The third kappa shape index (κ3) is 3.79. The Balaban J connectivity index is 1.81. The molecule has 5 heteroatoms. The Bertz CT molecular complexity index is 506. The molecule has 0 bridgehead atoms. The molecule has 0 aliphatic carbocycles. The molecule has 0 amide bonds. The van der Waals surface area contributed by atoms with E-state index in [1.807, 2.05) is 19.2 Å². The first-order valence-corrected chi connectivity index (χ1v) is 6.41. The normalized spacial score (nSPS) is 12.4. The van der Waals surface area contributed by atoms with Crippen molar-refractivity contribution in [1.82, 2.24) is 20.1 Å². The fourth-order valence-corrected chi connectivity index (χ4v) is 1.91. The number of aryl methyl sites for hydroxylation is 1. The van der Waals surface area contributed by atoms with Crippen LogP contribution >= 0.6 is 0 Å². The van der Waals surface area contributed by atoms with Gasteiger partial charge in [0.1, 0.15) is 12.1 Å². The maximum Gasteiger partial charge on any atom is 0.151 e. The molecule has 1 N–H and O–H groups in total. The van der Waals surface area contributed by atoms with Crippen LogP contribution in [0.15, 0.2) is 30.6 Å². The second-order valence-electron chi connectivity index (χ2n) is 4.53. The van der Waals surface area contributed by atoms with Crippen LogP contribution in [0.3, 0.4) is 0 Å². The first-order valence-electron chi connectivity index (χ1n) is 6.41. The zero-order chi connectivity index (χ0) is 13.7. The summed E-state index contributed by atoms with van der Waals surface area (Å²) in [5.41, 5.74) is 1.25. The van der Waals surface area contributed by atoms with Gasteiger partial charge in [0.15, 0.2) is 5.82 Å². The number of nitrogens with zero attached hydrogens (tertiary/aromatic N) is 3. The van der Waals surface area contributed by atoms with Crippen LogP contribution in [0.5, 0.6) is 5.75 Å². The predicted octanol–water partition coefficient (Wildman–Crippen LogP) is 1.72. The molecule has 0 spiro atoms. The smallest absolute Gasteiger partial charge is 0.151 e. The van der Waals surface area contributed by atoms with E-state index in [4.69, 9.17) is 4.74 Å². The van der Waals surface area contributed by atoms with Gasteiger partial charge >= 0.3 is 0 Å². The lowest BCUT2D eigenvalue weighted by Crippen LogP contribution is -2.21. The van der Waals surface area contributed by atoms with Gasteiger partial charge in [-0.3, -0.25) is 4.68 Å². The largest absolute Gasteiger partial charge is 0.497 e. The Morgan fingerprint density at radius 2 is 2.05 bits per heavy atom. The minimum Gasteiger partial charge on any atom is -0.497 e. The summed E-state index contributed by atoms with van der Waals surface area (Å²) < 4.78 is 6.88. The lowest BCUT2D eigenvalue weighted by molar-refractivity contribution is 0.414. The summed E-state index contributed by atoms with van der Waals surface area (Å²) in [6, 6.07) is 8.42. The molecule has 0 aliphatic heterocycles. The van der Waals surface area contributed by atoms with E-state index in [1.54, 1.807) is 18.1 Å². The Labute approximate surface area is 113 Å². The molecular formula is C14H20N4O. The van der Waals surface area contributed by atoms with E-state index in [0.29, 0.717) is 6.04 Å². The van der Waals surface area contributed by atoms with Crippen molar-refractivity contribution in [1.29, 1.82) is 0 Å².